The van der Waals surface area contributed by atoms with Gasteiger partial charge >= 0.3 is 0 Å². The molecule has 1 amide bonds. The second-order valence-corrected chi connectivity index (χ2v) is 5.10. The van der Waals surface area contributed by atoms with E-state index in [2.05, 4.69) is 17.2 Å². The number of aromatic nitrogens is 2. The van der Waals surface area contributed by atoms with Crippen LogP contribution in [0.2, 0.25) is 0 Å². The van der Waals surface area contributed by atoms with Crippen LogP contribution in [0.25, 0.3) is 11.0 Å². The monoisotopic (exact) mass is 287 g/mol. The van der Waals surface area contributed by atoms with Crippen LogP contribution in [-0.4, -0.2) is 22.0 Å². The quantitative estimate of drug-likeness (QED) is 0.827. The van der Waals surface area contributed by atoms with Crippen molar-refractivity contribution in [2.24, 2.45) is 0 Å². The Labute approximate surface area is 124 Å². The van der Waals surface area contributed by atoms with Crippen LogP contribution in [0.1, 0.15) is 31.9 Å². The van der Waals surface area contributed by atoms with Crippen molar-refractivity contribution in [1.29, 1.82) is 0 Å². The molecule has 112 valence electrons. The molecule has 0 saturated carbocycles. The topological polar surface area (TPSA) is 64.0 Å². The summed E-state index contributed by atoms with van der Waals surface area (Å²) in [6, 6.07) is 7.50. The smallest absolute Gasteiger partial charge is 0.272 e. The molecule has 0 bridgehead atoms. The molecule has 21 heavy (non-hydrogen) atoms. The number of hydrogen-bond acceptors (Lipinski definition) is 3. The third-order valence-corrected chi connectivity index (χ3v) is 3.43. The number of hydrogen-bond donors (Lipinski definition) is 1. The first kappa shape index (κ1) is 15.2. The fourth-order valence-corrected chi connectivity index (χ4v) is 2.25. The van der Waals surface area contributed by atoms with Crippen molar-refractivity contribution in [3.8, 4) is 0 Å². The Morgan fingerprint density at radius 2 is 2.10 bits per heavy atom. The van der Waals surface area contributed by atoms with Gasteiger partial charge in [-0.05, 0) is 25.5 Å². The molecule has 0 atom stereocenters. The fraction of sp³-hybridized carbons (Fsp3) is 0.438. The Bertz CT molecular complexity index is 691. The summed E-state index contributed by atoms with van der Waals surface area (Å²) in [6.45, 7) is 4.85. The van der Waals surface area contributed by atoms with E-state index in [-0.39, 0.29) is 11.5 Å². The van der Waals surface area contributed by atoms with Gasteiger partial charge in [0.05, 0.1) is 11.0 Å². The second kappa shape index (κ2) is 7.02. The molecule has 1 N–H and O–H groups in total. The molecule has 5 nitrogen and oxygen atoms in total. The molecular weight excluding hydrogens is 266 g/mol. The van der Waals surface area contributed by atoms with Crippen LogP contribution >= 0.6 is 0 Å². The zero-order chi connectivity index (χ0) is 15.2. The van der Waals surface area contributed by atoms with Crippen LogP contribution in [0.5, 0.6) is 0 Å². The number of benzene rings is 1. The van der Waals surface area contributed by atoms with Crippen molar-refractivity contribution >= 4 is 16.9 Å². The van der Waals surface area contributed by atoms with Gasteiger partial charge in [0.2, 0.25) is 5.91 Å². The fourth-order valence-electron chi connectivity index (χ4n) is 2.25. The van der Waals surface area contributed by atoms with E-state index in [0.29, 0.717) is 25.2 Å². The van der Waals surface area contributed by atoms with Crippen LogP contribution in [0.4, 0.5) is 0 Å². The summed E-state index contributed by atoms with van der Waals surface area (Å²) in [5, 5.41) is 2.87. The van der Waals surface area contributed by atoms with Gasteiger partial charge in [0.1, 0.15) is 5.69 Å². The minimum Gasteiger partial charge on any atom is -0.356 e. The number of aryl methyl sites for hydroxylation is 2. The highest BCUT2D eigenvalue weighted by molar-refractivity contribution is 5.77. The molecule has 1 heterocycles. The molecule has 2 aromatic rings. The zero-order valence-corrected chi connectivity index (χ0v) is 12.6. The number of fused-ring (bicyclic) bond motifs is 1. The zero-order valence-electron chi connectivity index (χ0n) is 12.6. The Morgan fingerprint density at radius 3 is 2.86 bits per heavy atom. The molecule has 0 aliphatic rings. The molecule has 0 unspecified atom stereocenters. The maximum absolute atomic E-state index is 12.2. The number of rotatable bonds is 6. The van der Waals surface area contributed by atoms with E-state index in [0.717, 1.165) is 23.9 Å². The van der Waals surface area contributed by atoms with Crippen molar-refractivity contribution in [2.75, 3.05) is 6.54 Å². The van der Waals surface area contributed by atoms with Gasteiger partial charge < -0.3 is 9.88 Å². The molecule has 1 aromatic carbocycles. The Hall–Kier alpha value is -2.17. The summed E-state index contributed by atoms with van der Waals surface area (Å²) in [6.07, 6.45) is 2.33. The van der Waals surface area contributed by atoms with Gasteiger partial charge in [-0.25, -0.2) is 4.98 Å². The van der Waals surface area contributed by atoms with Crippen LogP contribution in [0.15, 0.2) is 29.1 Å². The molecule has 2 rings (SSSR count). The standard InChI is InChI=1S/C16H21N3O2/c1-3-4-10-17-15(20)9-11-19-14-8-6-5-7-13(14)18-12(2)16(19)21/h5-8H,3-4,9-11H2,1-2H3,(H,17,20). The summed E-state index contributed by atoms with van der Waals surface area (Å²) in [5.74, 6) is -0.0195. The van der Waals surface area contributed by atoms with Crippen molar-refractivity contribution in [2.45, 2.75) is 39.7 Å². The largest absolute Gasteiger partial charge is 0.356 e. The van der Waals surface area contributed by atoms with Gasteiger partial charge in [-0.15, -0.1) is 0 Å². The molecule has 0 aliphatic carbocycles. The van der Waals surface area contributed by atoms with Crippen molar-refractivity contribution in [3.63, 3.8) is 0 Å². The van der Waals surface area contributed by atoms with E-state index < -0.39 is 0 Å². The summed E-state index contributed by atoms with van der Waals surface area (Å²) in [4.78, 5) is 28.3. The SMILES string of the molecule is CCCCNC(=O)CCn1c(=O)c(C)nc2ccccc21. The van der Waals surface area contributed by atoms with E-state index in [1.165, 1.54) is 0 Å². The number of carbonyl (C=O) groups is 1. The minimum absolute atomic E-state index is 0.0195. The van der Waals surface area contributed by atoms with E-state index in [1.807, 2.05) is 24.3 Å². The summed E-state index contributed by atoms with van der Waals surface area (Å²) < 4.78 is 1.64. The van der Waals surface area contributed by atoms with Gasteiger partial charge in [-0.3, -0.25) is 9.59 Å². The number of nitrogens with one attached hydrogen (secondary N) is 1. The molecule has 0 radical (unpaired) electrons. The highest BCUT2D eigenvalue weighted by Crippen LogP contribution is 2.10. The maximum Gasteiger partial charge on any atom is 0.272 e. The van der Waals surface area contributed by atoms with Crippen LogP contribution < -0.4 is 10.9 Å². The van der Waals surface area contributed by atoms with Crippen LogP contribution in [0, 0.1) is 6.92 Å². The normalized spacial score (nSPS) is 10.8. The predicted octanol–water partition coefficient (Wildman–Crippen LogP) is 2.01. The molecule has 0 aliphatic heterocycles. The van der Waals surface area contributed by atoms with Crippen molar-refractivity contribution in [3.05, 3.63) is 40.3 Å². The van der Waals surface area contributed by atoms with Crippen molar-refractivity contribution in [1.82, 2.24) is 14.9 Å². The summed E-state index contributed by atoms with van der Waals surface area (Å²) in [5.41, 5.74) is 1.88. The Balaban J connectivity index is 2.16. The number of para-hydroxylation sites is 2. The minimum atomic E-state index is -0.130. The summed E-state index contributed by atoms with van der Waals surface area (Å²) >= 11 is 0. The third-order valence-electron chi connectivity index (χ3n) is 3.43. The maximum atomic E-state index is 12.2. The first-order valence-electron chi connectivity index (χ1n) is 7.36. The van der Waals surface area contributed by atoms with Crippen molar-refractivity contribution < 1.29 is 4.79 Å². The lowest BCUT2D eigenvalue weighted by molar-refractivity contribution is -0.121. The average molecular weight is 287 g/mol. The average Bonchev–Trinajstić information content (AvgIpc) is 2.48. The molecule has 0 spiro atoms. The Morgan fingerprint density at radius 1 is 1.33 bits per heavy atom. The predicted molar refractivity (Wildman–Crippen MR) is 83.3 cm³/mol. The van der Waals surface area contributed by atoms with Gasteiger partial charge in [-0.2, -0.15) is 0 Å². The summed E-state index contributed by atoms with van der Waals surface area (Å²) in [7, 11) is 0. The van der Waals surface area contributed by atoms with Crippen LogP contribution in [0.3, 0.4) is 0 Å². The lowest BCUT2D eigenvalue weighted by Gasteiger charge is -2.11. The van der Waals surface area contributed by atoms with E-state index >= 15 is 0 Å². The first-order chi connectivity index (χ1) is 10.1. The number of carbonyl (C=O) groups excluding carboxylic acids is 1. The highest BCUT2D eigenvalue weighted by atomic mass is 16.1. The molecular formula is C16H21N3O2. The van der Waals surface area contributed by atoms with Gasteiger partial charge in [0.15, 0.2) is 0 Å². The third kappa shape index (κ3) is 3.68. The Kier molecular flexibility index (Phi) is 5.09. The lowest BCUT2D eigenvalue weighted by atomic mass is 10.2. The molecule has 1 aromatic heterocycles. The second-order valence-electron chi connectivity index (χ2n) is 5.10. The van der Waals surface area contributed by atoms with E-state index in [1.54, 1.807) is 11.5 Å². The first-order valence-corrected chi connectivity index (χ1v) is 7.36. The van der Waals surface area contributed by atoms with Crippen LogP contribution in [-0.2, 0) is 11.3 Å². The molecule has 0 saturated heterocycles. The van der Waals surface area contributed by atoms with E-state index in [9.17, 15) is 9.59 Å². The van der Waals surface area contributed by atoms with Gasteiger partial charge in [0.25, 0.3) is 5.56 Å². The van der Waals surface area contributed by atoms with E-state index in [4.69, 9.17) is 0 Å². The number of unbranched alkanes of at least 4 members (excludes halogenated alkanes) is 1. The van der Waals surface area contributed by atoms with Gasteiger partial charge in [0, 0.05) is 19.5 Å². The van der Waals surface area contributed by atoms with Gasteiger partial charge in [-0.1, -0.05) is 25.5 Å². The lowest BCUT2D eigenvalue weighted by Crippen LogP contribution is -2.29. The highest BCUT2D eigenvalue weighted by Gasteiger charge is 2.09. The number of nitrogens with zero attached hydrogens (tertiary/aromatic N) is 2. The number of amides is 1. The molecule has 5 heteroatoms. The molecule has 0 fully saturated rings.